The van der Waals surface area contributed by atoms with E-state index in [4.69, 9.17) is 9.47 Å². The Morgan fingerprint density at radius 1 is 1.00 bits per heavy atom. The Labute approximate surface area is 188 Å². The molecule has 2 N–H and O–H groups in total. The second-order valence-corrected chi connectivity index (χ2v) is 9.16. The number of carbonyl (C=O) groups excluding carboxylic acids is 1. The number of benzene rings is 2. The van der Waals surface area contributed by atoms with Crippen molar-refractivity contribution in [1.29, 1.82) is 0 Å². The van der Waals surface area contributed by atoms with E-state index < -0.39 is 17.8 Å². The van der Waals surface area contributed by atoms with Gasteiger partial charge in [-0.25, -0.2) is 4.79 Å². The summed E-state index contributed by atoms with van der Waals surface area (Å²) in [4.78, 5) is 12.0. The summed E-state index contributed by atoms with van der Waals surface area (Å²) < 4.78 is 13.0. The van der Waals surface area contributed by atoms with Crippen LogP contribution in [-0.2, 0) is 16.0 Å². The van der Waals surface area contributed by atoms with Crippen molar-refractivity contribution in [3.05, 3.63) is 59.0 Å². The minimum absolute atomic E-state index is 0.0312. The van der Waals surface area contributed by atoms with Gasteiger partial charge >= 0.3 is 5.97 Å². The van der Waals surface area contributed by atoms with Crippen molar-refractivity contribution in [3.8, 4) is 11.5 Å². The molecule has 3 rings (SSSR count). The van der Waals surface area contributed by atoms with Gasteiger partial charge in [-0.05, 0) is 99.1 Å². The summed E-state index contributed by atoms with van der Waals surface area (Å²) in [5, 5.41) is 20.2. The van der Waals surface area contributed by atoms with Crippen LogP contribution in [0.25, 0.3) is 5.57 Å². The number of ether oxygens (including phenoxy) is 2. The zero-order valence-corrected chi connectivity index (χ0v) is 20.1. The second kappa shape index (κ2) is 8.14. The van der Waals surface area contributed by atoms with Crippen LogP contribution in [0.3, 0.4) is 0 Å². The Bertz CT molecular complexity index is 924. The number of carbonyl (C=O) groups is 1. The number of hydrogen-bond donors (Lipinski definition) is 2. The first-order chi connectivity index (χ1) is 12.7. The molecule has 0 unspecified atom stereocenters. The van der Waals surface area contributed by atoms with Gasteiger partial charge in [0.25, 0.3) is 0 Å². The fourth-order valence-corrected chi connectivity index (χ4v) is 5.62. The fourth-order valence-electron chi connectivity index (χ4n) is 2.83. The lowest BCUT2D eigenvalue weighted by molar-refractivity contribution is -0.141. The number of phenolic OH excluding ortho intramolecular Hbond substituents is 1. The molecule has 0 saturated carbocycles. The molecule has 1 aliphatic rings. The normalized spacial score (nSPS) is 16.6. The van der Waals surface area contributed by atoms with E-state index in [-0.39, 0.29) is 5.75 Å². The van der Waals surface area contributed by atoms with Crippen LogP contribution in [0.5, 0.6) is 11.5 Å². The maximum absolute atomic E-state index is 12.0. The first-order valence-corrected chi connectivity index (χ1v) is 10.7. The van der Waals surface area contributed by atoms with E-state index in [1.165, 1.54) is 0 Å². The molecule has 1 heterocycles. The average molecular weight is 628 g/mol. The summed E-state index contributed by atoms with van der Waals surface area (Å²) in [6.07, 6.45) is -0.323. The lowest BCUT2D eigenvalue weighted by Gasteiger charge is -2.16. The van der Waals surface area contributed by atoms with Gasteiger partial charge in [0.15, 0.2) is 0 Å². The van der Waals surface area contributed by atoms with E-state index >= 15 is 0 Å². The van der Waals surface area contributed by atoms with Gasteiger partial charge in [0.1, 0.15) is 17.6 Å². The molecule has 0 aliphatic carbocycles. The van der Waals surface area contributed by atoms with E-state index in [2.05, 4.69) is 63.7 Å². The van der Waals surface area contributed by atoms with Gasteiger partial charge in [-0.3, -0.25) is 0 Å². The topological polar surface area (TPSA) is 76.0 Å². The average Bonchev–Trinajstić information content (AvgIpc) is 2.86. The summed E-state index contributed by atoms with van der Waals surface area (Å²) in [5.41, 5.74) is 1.80. The summed E-state index contributed by atoms with van der Waals surface area (Å²) in [6.45, 7) is 0. The Morgan fingerprint density at radius 3 is 2.07 bits per heavy atom. The van der Waals surface area contributed by atoms with E-state index in [0.29, 0.717) is 32.3 Å². The van der Waals surface area contributed by atoms with Crippen LogP contribution < -0.4 is 4.74 Å². The summed E-state index contributed by atoms with van der Waals surface area (Å²) in [6, 6.07) is 6.99. The lowest BCUT2D eigenvalue weighted by atomic mass is 9.95. The van der Waals surface area contributed by atoms with E-state index in [1.807, 2.05) is 12.1 Å². The van der Waals surface area contributed by atoms with Crippen molar-refractivity contribution in [2.45, 2.75) is 12.5 Å². The standard InChI is InChI=1S/C18H12Br4O5/c1-26-17-11(21)2-7(3-12(17)22)4-13-14(16(24)18(25)27-13)8-5-9(19)15(23)10(20)6-8/h2-3,5-6,13,23-24H,4H2,1H3/t13-/m0/s1. The molecule has 0 spiro atoms. The highest BCUT2D eigenvalue weighted by molar-refractivity contribution is 9.11. The Hall–Kier alpha value is -1.03. The highest BCUT2D eigenvalue weighted by Crippen LogP contribution is 2.41. The van der Waals surface area contributed by atoms with Gasteiger partial charge in [-0.1, -0.05) is 0 Å². The van der Waals surface area contributed by atoms with Crippen molar-refractivity contribution < 1.29 is 24.5 Å². The Balaban J connectivity index is 2.00. The molecule has 1 atom stereocenters. The minimum Gasteiger partial charge on any atom is -0.506 e. The number of aliphatic hydroxyl groups excluding tert-OH is 1. The molecule has 0 fully saturated rings. The van der Waals surface area contributed by atoms with Gasteiger partial charge in [0.2, 0.25) is 5.76 Å². The largest absolute Gasteiger partial charge is 0.506 e. The number of hydrogen-bond acceptors (Lipinski definition) is 5. The van der Waals surface area contributed by atoms with E-state index in [0.717, 1.165) is 14.5 Å². The Kier molecular flexibility index (Phi) is 6.24. The molecule has 0 saturated heterocycles. The quantitative estimate of drug-likeness (QED) is 0.414. The zero-order chi connectivity index (χ0) is 19.9. The van der Waals surface area contributed by atoms with Crippen molar-refractivity contribution in [1.82, 2.24) is 0 Å². The second-order valence-electron chi connectivity index (χ2n) is 5.74. The lowest BCUT2D eigenvalue weighted by Crippen LogP contribution is -2.15. The van der Waals surface area contributed by atoms with Gasteiger partial charge < -0.3 is 19.7 Å². The SMILES string of the molecule is COc1c(Br)cc(C[C@@H]2OC(=O)C(O)=C2c2cc(Br)c(O)c(Br)c2)cc1Br. The van der Waals surface area contributed by atoms with Crippen molar-refractivity contribution >= 4 is 75.3 Å². The molecule has 9 heteroatoms. The summed E-state index contributed by atoms with van der Waals surface area (Å²) in [5.74, 6) is -0.520. The van der Waals surface area contributed by atoms with Gasteiger partial charge in [0.05, 0.1) is 25.0 Å². The highest BCUT2D eigenvalue weighted by atomic mass is 79.9. The van der Waals surface area contributed by atoms with Crippen LogP contribution in [0.1, 0.15) is 11.1 Å². The van der Waals surface area contributed by atoms with Crippen LogP contribution in [0.4, 0.5) is 0 Å². The first kappa shape index (κ1) is 20.7. The number of methoxy groups -OCH3 is 1. The predicted octanol–water partition coefficient (Wildman–Crippen LogP) is 5.89. The van der Waals surface area contributed by atoms with E-state index in [1.54, 1.807) is 19.2 Å². The van der Waals surface area contributed by atoms with Crippen LogP contribution in [-0.4, -0.2) is 29.4 Å². The first-order valence-electron chi connectivity index (χ1n) is 7.57. The third-order valence-electron chi connectivity index (χ3n) is 4.03. The monoisotopic (exact) mass is 624 g/mol. The van der Waals surface area contributed by atoms with E-state index in [9.17, 15) is 15.0 Å². The van der Waals surface area contributed by atoms with Crippen molar-refractivity contribution in [2.75, 3.05) is 7.11 Å². The number of aromatic hydroxyl groups is 1. The smallest absolute Gasteiger partial charge is 0.374 e. The van der Waals surface area contributed by atoms with Gasteiger partial charge in [0, 0.05) is 12.0 Å². The third kappa shape index (κ3) is 4.06. The van der Waals surface area contributed by atoms with Crippen LogP contribution >= 0.6 is 63.7 Å². The molecule has 0 amide bonds. The zero-order valence-electron chi connectivity index (χ0n) is 13.7. The molecule has 5 nitrogen and oxygen atoms in total. The molecule has 0 bridgehead atoms. The van der Waals surface area contributed by atoms with Gasteiger partial charge in [-0.2, -0.15) is 0 Å². The molecule has 27 heavy (non-hydrogen) atoms. The molecule has 2 aromatic carbocycles. The molecule has 142 valence electrons. The van der Waals surface area contributed by atoms with Gasteiger partial charge in [-0.15, -0.1) is 0 Å². The number of halogens is 4. The number of phenols is 1. The maximum Gasteiger partial charge on any atom is 0.374 e. The molecule has 0 aromatic heterocycles. The van der Waals surface area contributed by atoms with Crippen LogP contribution in [0, 0.1) is 0 Å². The molecule has 1 aliphatic heterocycles. The number of aliphatic hydroxyl groups is 1. The fraction of sp³-hybridized carbons (Fsp3) is 0.167. The minimum atomic E-state index is -0.776. The maximum atomic E-state index is 12.0. The third-order valence-corrected chi connectivity index (χ3v) is 6.42. The highest BCUT2D eigenvalue weighted by Gasteiger charge is 2.36. The van der Waals surface area contributed by atoms with Crippen molar-refractivity contribution in [2.24, 2.45) is 0 Å². The summed E-state index contributed by atoms with van der Waals surface area (Å²) >= 11 is 13.4. The molecule has 2 aromatic rings. The number of esters is 1. The predicted molar refractivity (Wildman–Crippen MR) is 115 cm³/mol. The summed E-state index contributed by atoms with van der Waals surface area (Å²) in [7, 11) is 1.57. The molecular weight excluding hydrogens is 616 g/mol. The number of rotatable bonds is 4. The molecular formula is C18H12Br4O5. The Morgan fingerprint density at radius 2 is 1.56 bits per heavy atom. The van der Waals surface area contributed by atoms with Crippen molar-refractivity contribution in [3.63, 3.8) is 0 Å². The molecule has 0 radical (unpaired) electrons. The van der Waals surface area contributed by atoms with Crippen LogP contribution in [0.15, 0.2) is 47.9 Å². The van der Waals surface area contributed by atoms with Crippen LogP contribution in [0.2, 0.25) is 0 Å². The number of cyclic esters (lactones) is 1.